The third-order valence-corrected chi connectivity index (χ3v) is 5.62. The fourth-order valence-electron chi connectivity index (χ4n) is 3.21. The predicted molar refractivity (Wildman–Crippen MR) is 83.8 cm³/mol. The second-order valence-corrected chi connectivity index (χ2v) is 7.42. The molecule has 1 amide bonds. The number of hydrogen-bond donors (Lipinski definition) is 0. The van der Waals surface area contributed by atoms with E-state index in [0.29, 0.717) is 22.9 Å². The topological polar surface area (TPSA) is 47.4 Å². The lowest BCUT2D eigenvalue weighted by molar-refractivity contribution is 0.0315. The van der Waals surface area contributed by atoms with Crippen molar-refractivity contribution in [3.05, 3.63) is 17.5 Å². The fourth-order valence-corrected chi connectivity index (χ4v) is 4.51. The Morgan fingerprint density at radius 2 is 2.33 bits per heavy atom. The summed E-state index contributed by atoms with van der Waals surface area (Å²) in [5.74, 6) is 1.44. The molecule has 3 rings (SSSR count). The van der Waals surface area contributed by atoms with Gasteiger partial charge in [-0.05, 0) is 18.4 Å². The van der Waals surface area contributed by atoms with Crippen LogP contribution in [0.2, 0.25) is 0 Å². The van der Waals surface area contributed by atoms with Crippen LogP contribution < -0.4 is 0 Å². The third-order valence-electron chi connectivity index (χ3n) is 4.32. The number of amides is 1. The first-order chi connectivity index (χ1) is 10.1. The van der Waals surface area contributed by atoms with Gasteiger partial charge in [0.05, 0.1) is 6.61 Å². The zero-order chi connectivity index (χ0) is 15.0. The third kappa shape index (κ3) is 2.83. The van der Waals surface area contributed by atoms with Gasteiger partial charge in [0.25, 0.3) is 5.91 Å². The molecule has 2 saturated heterocycles. The summed E-state index contributed by atoms with van der Waals surface area (Å²) in [6, 6.07) is 2.25. The predicted octanol–water partition coefficient (Wildman–Crippen LogP) is 1.89. The lowest BCUT2D eigenvalue weighted by atomic mass is 10.1. The van der Waals surface area contributed by atoms with Gasteiger partial charge in [0.2, 0.25) is 0 Å². The van der Waals surface area contributed by atoms with Gasteiger partial charge in [-0.15, -0.1) is 0 Å². The molecule has 116 valence electrons. The Labute approximate surface area is 130 Å². The number of rotatable bonds is 2. The molecule has 1 aromatic rings. The minimum atomic E-state index is 0.0784. The van der Waals surface area contributed by atoms with Crippen LogP contribution >= 0.6 is 11.8 Å². The van der Waals surface area contributed by atoms with Crippen molar-refractivity contribution >= 4 is 17.7 Å². The zero-order valence-corrected chi connectivity index (χ0v) is 13.7. The lowest BCUT2D eigenvalue weighted by Gasteiger charge is -2.43. The van der Waals surface area contributed by atoms with Crippen LogP contribution in [0.4, 0.5) is 0 Å². The van der Waals surface area contributed by atoms with Crippen LogP contribution in [0.15, 0.2) is 6.07 Å². The van der Waals surface area contributed by atoms with E-state index < -0.39 is 0 Å². The minimum absolute atomic E-state index is 0.0784. The van der Waals surface area contributed by atoms with Gasteiger partial charge in [-0.3, -0.25) is 9.48 Å². The number of ether oxygens (including phenoxy) is 1. The first kappa shape index (κ1) is 14.9. The molecular formula is C15H23N3O2S. The first-order valence-electron chi connectivity index (χ1n) is 7.62. The van der Waals surface area contributed by atoms with Crippen LogP contribution in [-0.4, -0.2) is 57.4 Å². The number of aromatic nitrogens is 2. The van der Waals surface area contributed by atoms with E-state index in [0.717, 1.165) is 37.6 Å². The van der Waals surface area contributed by atoms with Crippen LogP contribution in [0.3, 0.4) is 0 Å². The molecule has 0 unspecified atom stereocenters. The number of aryl methyl sites for hydroxylation is 1. The maximum atomic E-state index is 12.8. The molecule has 1 aromatic heterocycles. The average molecular weight is 309 g/mol. The molecule has 0 saturated carbocycles. The van der Waals surface area contributed by atoms with Crippen molar-refractivity contribution in [3.8, 4) is 0 Å². The Morgan fingerprint density at radius 3 is 3.05 bits per heavy atom. The summed E-state index contributed by atoms with van der Waals surface area (Å²) in [4.78, 5) is 14.9. The van der Waals surface area contributed by atoms with E-state index in [-0.39, 0.29) is 5.91 Å². The Balaban J connectivity index is 1.82. The molecule has 2 atom stereocenters. The highest BCUT2D eigenvalue weighted by atomic mass is 32.2. The summed E-state index contributed by atoms with van der Waals surface area (Å²) in [7, 11) is 1.91. The first-order valence-corrected chi connectivity index (χ1v) is 8.67. The van der Waals surface area contributed by atoms with Crippen molar-refractivity contribution in [1.29, 1.82) is 0 Å². The Hall–Kier alpha value is -1.01. The average Bonchev–Trinajstić information content (AvgIpc) is 2.88. The van der Waals surface area contributed by atoms with E-state index in [1.165, 1.54) is 0 Å². The van der Waals surface area contributed by atoms with Gasteiger partial charge in [0, 0.05) is 42.9 Å². The van der Waals surface area contributed by atoms with Crippen LogP contribution in [0.5, 0.6) is 0 Å². The van der Waals surface area contributed by atoms with Crippen LogP contribution in [0.25, 0.3) is 0 Å². The minimum Gasteiger partial charge on any atom is -0.380 e. The number of hydrogen-bond acceptors (Lipinski definition) is 4. The van der Waals surface area contributed by atoms with Crippen LogP contribution in [0, 0.1) is 0 Å². The number of nitrogens with zero attached hydrogens (tertiary/aromatic N) is 3. The van der Waals surface area contributed by atoms with E-state index in [2.05, 4.69) is 18.9 Å². The largest absolute Gasteiger partial charge is 0.380 e. The normalized spacial score (nSPS) is 26.0. The van der Waals surface area contributed by atoms with E-state index in [9.17, 15) is 4.79 Å². The summed E-state index contributed by atoms with van der Waals surface area (Å²) in [6.45, 7) is 6.58. The van der Waals surface area contributed by atoms with Gasteiger partial charge >= 0.3 is 0 Å². The molecule has 6 heteroatoms. The van der Waals surface area contributed by atoms with Crippen molar-refractivity contribution in [2.45, 2.75) is 37.5 Å². The lowest BCUT2D eigenvalue weighted by Crippen LogP contribution is -2.54. The highest BCUT2D eigenvalue weighted by Gasteiger charge is 2.38. The highest BCUT2D eigenvalue weighted by Crippen LogP contribution is 2.31. The van der Waals surface area contributed by atoms with Gasteiger partial charge in [0.1, 0.15) is 0 Å². The van der Waals surface area contributed by atoms with Crippen LogP contribution in [-0.2, 0) is 11.8 Å². The number of thioether (sulfide) groups is 1. The summed E-state index contributed by atoms with van der Waals surface area (Å²) in [6.07, 6.45) is 0.938. The zero-order valence-electron chi connectivity index (χ0n) is 12.9. The molecule has 2 fully saturated rings. The molecule has 0 bridgehead atoms. The van der Waals surface area contributed by atoms with E-state index >= 15 is 0 Å². The number of fused-ring (bicyclic) bond motifs is 1. The Kier molecular flexibility index (Phi) is 4.26. The summed E-state index contributed by atoms with van der Waals surface area (Å²) in [5.41, 5.74) is 1.69. The Bertz CT molecular complexity index is 527. The molecule has 0 aliphatic carbocycles. The van der Waals surface area contributed by atoms with Crippen molar-refractivity contribution in [3.63, 3.8) is 0 Å². The molecule has 5 nitrogen and oxygen atoms in total. The quantitative estimate of drug-likeness (QED) is 0.837. The van der Waals surface area contributed by atoms with Gasteiger partial charge in [-0.2, -0.15) is 16.9 Å². The molecule has 2 aliphatic rings. The van der Waals surface area contributed by atoms with Gasteiger partial charge < -0.3 is 9.64 Å². The maximum absolute atomic E-state index is 12.8. The van der Waals surface area contributed by atoms with Gasteiger partial charge in [-0.1, -0.05) is 13.8 Å². The fraction of sp³-hybridized carbons (Fsp3) is 0.733. The summed E-state index contributed by atoms with van der Waals surface area (Å²) < 4.78 is 7.38. The standard InChI is InChI=1S/C15H23N3O2S/c1-10(2)13-8-11(16-17(13)3)15(19)18-5-7-21-14-9-20-6-4-12(14)18/h8,10,12,14H,4-7,9H2,1-3H3/t12-,14-/m1/s1. The monoisotopic (exact) mass is 309 g/mol. The molecular weight excluding hydrogens is 286 g/mol. The van der Waals surface area contributed by atoms with Crippen molar-refractivity contribution in [1.82, 2.24) is 14.7 Å². The van der Waals surface area contributed by atoms with E-state index in [1.54, 1.807) is 0 Å². The van der Waals surface area contributed by atoms with Gasteiger partial charge in [-0.25, -0.2) is 0 Å². The summed E-state index contributed by atoms with van der Waals surface area (Å²) >= 11 is 1.93. The second kappa shape index (κ2) is 6.01. The smallest absolute Gasteiger partial charge is 0.274 e. The molecule has 0 radical (unpaired) electrons. The highest BCUT2D eigenvalue weighted by molar-refractivity contribution is 8.00. The number of carbonyl (C=O) groups is 1. The van der Waals surface area contributed by atoms with E-state index in [1.807, 2.05) is 34.5 Å². The maximum Gasteiger partial charge on any atom is 0.274 e. The Morgan fingerprint density at radius 1 is 1.52 bits per heavy atom. The second-order valence-electron chi connectivity index (χ2n) is 6.07. The van der Waals surface area contributed by atoms with Crippen molar-refractivity contribution in [2.75, 3.05) is 25.5 Å². The number of carbonyl (C=O) groups excluding carboxylic acids is 1. The van der Waals surface area contributed by atoms with Crippen LogP contribution in [0.1, 0.15) is 42.4 Å². The summed E-state index contributed by atoms with van der Waals surface area (Å²) in [5, 5.41) is 4.85. The van der Waals surface area contributed by atoms with Gasteiger partial charge in [0.15, 0.2) is 5.69 Å². The van der Waals surface area contributed by atoms with Crippen molar-refractivity contribution < 1.29 is 9.53 Å². The molecule has 3 heterocycles. The SMILES string of the molecule is CC(C)c1cc(C(=O)N2CCS[C@@H]3COCC[C@H]32)nn1C. The van der Waals surface area contributed by atoms with Crippen molar-refractivity contribution in [2.24, 2.45) is 7.05 Å². The molecule has 21 heavy (non-hydrogen) atoms. The molecule has 0 N–H and O–H groups in total. The molecule has 2 aliphatic heterocycles. The van der Waals surface area contributed by atoms with E-state index in [4.69, 9.17) is 4.74 Å². The molecule has 0 spiro atoms. The molecule has 0 aromatic carbocycles.